The van der Waals surface area contributed by atoms with E-state index in [1.165, 1.54) is 5.56 Å². The minimum Gasteiger partial charge on any atom is -0.489 e. The van der Waals surface area contributed by atoms with Gasteiger partial charge in [-0.15, -0.1) is 0 Å². The third kappa shape index (κ3) is 5.95. The van der Waals surface area contributed by atoms with E-state index in [4.69, 9.17) is 4.74 Å². The first-order valence-electron chi connectivity index (χ1n) is 9.04. The molecule has 0 bridgehead atoms. The fourth-order valence-electron chi connectivity index (χ4n) is 2.48. The van der Waals surface area contributed by atoms with E-state index in [0.29, 0.717) is 17.9 Å². The van der Waals surface area contributed by atoms with Crippen molar-refractivity contribution < 1.29 is 9.53 Å². The number of hydrogen-bond donors (Lipinski definition) is 1. The number of hydrogen-bond acceptors (Lipinski definition) is 3. The molecule has 0 fully saturated rings. The lowest BCUT2D eigenvalue weighted by molar-refractivity contribution is 0.0955. The Morgan fingerprint density at radius 1 is 0.964 bits per heavy atom. The van der Waals surface area contributed by atoms with Crippen LogP contribution in [0.15, 0.2) is 90.0 Å². The molecule has 3 aromatic carbocycles. The molecule has 3 aromatic rings. The van der Waals surface area contributed by atoms with Gasteiger partial charge < -0.3 is 4.74 Å². The highest BCUT2D eigenvalue weighted by Crippen LogP contribution is 2.14. The lowest BCUT2D eigenvalue weighted by Gasteiger charge is -2.07. The molecule has 0 aliphatic heterocycles. The van der Waals surface area contributed by atoms with Gasteiger partial charge in [0.2, 0.25) is 0 Å². The van der Waals surface area contributed by atoms with E-state index in [0.717, 1.165) is 11.1 Å². The number of rotatable bonds is 7. The average Bonchev–Trinajstić information content (AvgIpc) is 2.74. The molecule has 0 aromatic heterocycles. The maximum atomic E-state index is 12.1. The summed E-state index contributed by atoms with van der Waals surface area (Å²) in [6.45, 7) is 2.54. The summed E-state index contributed by atoms with van der Waals surface area (Å²) in [5.41, 5.74) is 6.42. The molecule has 0 unspecified atom stereocenters. The zero-order chi connectivity index (χ0) is 19.6. The zero-order valence-corrected chi connectivity index (χ0v) is 15.7. The molecular formula is C24H22N2O2. The SMILES string of the molecule is Cc1ccc(COc2ccc(C(=O)N/N=C/C=C/c3ccccc3)cc2)cc1. The summed E-state index contributed by atoms with van der Waals surface area (Å²) in [4.78, 5) is 12.1. The molecule has 4 nitrogen and oxygen atoms in total. The van der Waals surface area contributed by atoms with Gasteiger partial charge in [0.15, 0.2) is 0 Å². The standard InChI is InChI=1S/C24H22N2O2/c1-19-9-11-21(12-10-19)18-28-23-15-13-22(14-16-23)24(27)26-25-17-5-8-20-6-3-2-4-7-20/h2-17H,18H2,1H3,(H,26,27)/b8-5+,25-17+. The Morgan fingerprint density at radius 3 is 2.39 bits per heavy atom. The van der Waals surface area contributed by atoms with Crippen LogP contribution in [0.2, 0.25) is 0 Å². The molecule has 0 aliphatic rings. The van der Waals surface area contributed by atoms with E-state index in [1.807, 2.05) is 48.5 Å². The minimum absolute atomic E-state index is 0.269. The number of nitrogens with zero attached hydrogens (tertiary/aromatic N) is 1. The topological polar surface area (TPSA) is 50.7 Å². The van der Waals surface area contributed by atoms with Gasteiger partial charge in [0.1, 0.15) is 12.4 Å². The summed E-state index contributed by atoms with van der Waals surface area (Å²) in [6.07, 6.45) is 5.23. The number of carbonyl (C=O) groups excluding carboxylic acids is 1. The van der Waals surface area contributed by atoms with Crippen LogP contribution in [0.25, 0.3) is 6.08 Å². The molecule has 28 heavy (non-hydrogen) atoms. The van der Waals surface area contributed by atoms with Crippen LogP contribution in [0.5, 0.6) is 5.75 Å². The van der Waals surface area contributed by atoms with Gasteiger partial charge in [-0.2, -0.15) is 5.10 Å². The summed E-state index contributed by atoms with van der Waals surface area (Å²) >= 11 is 0. The van der Waals surface area contributed by atoms with E-state index < -0.39 is 0 Å². The molecule has 0 spiro atoms. The molecule has 140 valence electrons. The van der Waals surface area contributed by atoms with Crippen molar-refractivity contribution in [2.45, 2.75) is 13.5 Å². The van der Waals surface area contributed by atoms with E-state index >= 15 is 0 Å². The lowest BCUT2D eigenvalue weighted by Crippen LogP contribution is -2.17. The van der Waals surface area contributed by atoms with Crippen molar-refractivity contribution in [1.29, 1.82) is 0 Å². The highest BCUT2D eigenvalue weighted by molar-refractivity contribution is 5.94. The van der Waals surface area contributed by atoms with Gasteiger partial charge in [0.25, 0.3) is 5.91 Å². The second-order valence-electron chi connectivity index (χ2n) is 6.29. The second kappa shape index (κ2) is 9.88. The predicted octanol–water partition coefficient (Wildman–Crippen LogP) is 5.00. The fourth-order valence-corrected chi connectivity index (χ4v) is 2.48. The largest absolute Gasteiger partial charge is 0.489 e. The molecule has 0 heterocycles. The van der Waals surface area contributed by atoms with Crippen molar-refractivity contribution in [3.05, 3.63) is 107 Å². The highest BCUT2D eigenvalue weighted by atomic mass is 16.5. The van der Waals surface area contributed by atoms with E-state index in [9.17, 15) is 4.79 Å². The van der Waals surface area contributed by atoms with Gasteiger partial charge in [-0.1, -0.05) is 66.2 Å². The molecule has 0 aliphatic carbocycles. The molecule has 4 heteroatoms. The van der Waals surface area contributed by atoms with Crippen LogP contribution in [0.3, 0.4) is 0 Å². The maximum Gasteiger partial charge on any atom is 0.271 e. The van der Waals surface area contributed by atoms with E-state index in [2.05, 4.69) is 29.6 Å². The van der Waals surface area contributed by atoms with Gasteiger partial charge in [-0.05, 0) is 48.4 Å². The normalized spacial score (nSPS) is 11.0. The Labute approximate surface area is 165 Å². The molecular weight excluding hydrogens is 348 g/mol. The number of aryl methyl sites for hydroxylation is 1. The summed E-state index contributed by atoms with van der Waals surface area (Å²) in [5, 5.41) is 3.93. The third-order valence-corrected chi connectivity index (χ3v) is 4.06. The second-order valence-corrected chi connectivity index (χ2v) is 6.29. The first kappa shape index (κ1) is 19.1. The van der Waals surface area contributed by atoms with Crippen LogP contribution in [0, 0.1) is 6.92 Å². The van der Waals surface area contributed by atoms with Crippen molar-refractivity contribution in [1.82, 2.24) is 5.43 Å². The minimum atomic E-state index is -0.269. The van der Waals surface area contributed by atoms with Gasteiger partial charge >= 0.3 is 0 Å². The quantitative estimate of drug-likeness (QED) is 0.470. The number of ether oxygens (including phenoxy) is 1. The summed E-state index contributed by atoms with van der Waals surface area (Å²) in [5.74, 6) is 0.445. The predicted molar refractivity (Wildman–Crippen MR) is 113 cm³/mol. The first-order valence-corrected chi connectivity index (χ1v) is 9.04. The number of nitrogens with one attached hydrogen (secondary N) is 1. The molecule has 0 saturated carbocycles. The summed E-state index contributed by atoms with van der Waals surface area (Å²) in [7, 11) is 0. The van der Waals surface area contributed by atoms with Crippen LogP contribution in [0.1, 0.15) is 27.0 Å². The van der Waals surface area contributed by atoms with Crippen LogP contribution < -0.4 is 10.2 Å². The van der Waals surface area contributed by atoms with Gasteiger partial charge in [0, 0.05) is 11.8 Å². The summed E-state index contributed by atoms with van der Waals surface area (Å²) in [6, 6.07) is 25.1. The molecule has 1 N–H and O–H groups in total. The van der Waals surface area contributed by atoms with Crippen molar-refractivity contribution in [3.63, 3.8) is 0 Å². The molecule has 0 atom stereocenters. The highest BCUT2D eigenvalue weighted by Gasteiger charge is 2.04. The van der Waals surface area contributed by atoms with Crippen LogP contribution in [-0.2, 0) is 6.61 Å². The van der Waals surface area contributed by atoms with Gasteiger partial charge in [-0.3, -0.25) is 4.79 Å². The first-order chi connectivity index (χ1) is 13.7. The van der Waals surface area contributed by atoms with Gasteiger partial charge in [-0.25, -0.2) is 5.43 Å². The fraction of sp³-hybridized carbons (Fsp3) is 0.0833. The number of allylic oxidation sites excluding steroid dienone is 1. The molecule has 1 amide bonds. The lowest BCUT2D eigenvalue weighted by atomic mass is 10.2. The molecule has 3 rings (SSSR count). The van der Waals surface area contributed by atoms with E-state index in [-0.39, 0.29) is 5.91 Å². The Bertz CT molecular complexity index is 944. The molecule has 0 saturated heterocycles. The number of benzene rings is 3. The van der Waals surface area contributed by atoms with Crippen molar-refractivity contribution in [2.24, 2.45) is 5.10 Å². The van der Waals surface area contributed by atoms with Crippen LogP contribution in [-0.4, -0.2) is 12.1 Å². The Morgan fingerprint density at radius 2 is 1.68 bits per heavy atom. The number of amides is 1. The number of hydrazone groups is 1. The van der Waals surface area contributed by atoms with Crippen molar-refractivity contribution in [3.8, 4) is 5.75 Å². The summed E-state index contributed by atoms with van der Waals surface area (Å²) < 4.78 is 5.75. The monoisotopic (exact) mass is 370 g/mol. The molecule has 0 radical (unpaired) electrons. The maximum absolute atomic E-state index is 12.1. The zero-order valence-electron chi connectivity index (χ0n) is 15.7. The van der Waals surface area contributed by atoms with Crippen LogP contribution >= 0.6 is 0 Å². The number of carbonyl (C=O) groups is 1. The van der Waals surface area contributed by atoms with Gasteiger partial charge in [0.05, 0.1) is 0 Å². The Kier molecular flexibility index (Phi) is 6.74. The average molecular weight is 370 g/mol. The Hall–Kier alpha value is -3.66. The van der Waals surface area contributed by atoms with Crippen LogP contribution in [0.4, 0.5) is 0 Å². The van der Waals surface area contributed by atoms with Crippen molar-refractivity contribution >= 4 is 18.2 Å². The smallest absolute Gasteiger partial charge is 0.271 e. The van der Waals surface area contributed by atoms with Crippen molar-refractivity contribution in [2.75, 3.05) is 0 Å². The third-order valence-electron chi connectivity index (χ3n) is 4.06. The Balaban J connectivity index is 1.47. The van der Waals surface area contributed by atoms with E-state index in [1.54, 1.807) is 36.6 Å².